The second-order valence-electron chi connectivity index (χ2n) is 5.23. The largest absolute Gasteiger partial charge is 0.389 e. The smallest absolute Gasteiger partial charge is 0.267 e. The highest BCUT2D eigenvalue weighted by Crippen LogP contribution is 2.14. The Morgan fingerprint density at radius 3 is 2.62 bits per heavy atom. The fourth-order valence-electron chi connectivity index (χ4n) is 2.13. The molecule has 0 atom stereocenters. The summed E-state index contributed by atoms with van der Waals surface area (Å²) in [6, 6.07) is 15.7. The summed E-state index contributed by atoms with van der Waals surface area (Å²) in [6.45, 7) is 2.29. The number of para-hydroxylation sites is 1. The molecular formula is C19H18FN3O. The van der Waals surface area contributed by atoms with E-state index in [4.69, 9.17) is 5.26 Å². The molecule has 24 heavy (non-hydrogen) atoms. The number of halogens is 1. The standard InChI is InChI=1S/C19H18FN3O/c1-14-6-2-5-9-18(14)23-19(24)16(12-21)13-22-11-10-15-7-3-4-8-17(15)20/h2-9,13,22H,10-11H2,1H3,(H,23,24)/b16-13-. The molecule has 0 aliphatic heterocycles. The normalized spacial score (nSPS) is 10.8. The van der Waals surface area contributed by atoms with Gasteiger partial charge in [0.25, 0.3) is 5.91 Å². The highest BCUT2D eigenvalue weighted by atomic mass is 19.1. The molecule has 0 radical (unpaired) electrons. The molecule has 0 bridgehead atoms. The molecule has 0 aromatic heterocycles. The van der Waals surface area contributed by atoms with E-state index in [-0.39, 0.29) is 11.4 Å². The number of amides is 1. The number of carbonyl (C=O) groups excluding carboxylic acids is 1. The molecule has 2 aromatic carbocycles. The van der Waals surface area contributed by atoms with E-state index in [0.29, 0.717) is 24.2 Å². The first-order valence-corrected chi connectivity index (χ1v) is 7.56. The van der Waals surface area contributed by atoms with Crippen molar-refractivity contribution in [3.8, 4) is 6.07 Å². The molecule has 0 spiro atoms. The van der Waals surface area contributed by atoms with E-state index in [9.17, 15) is 9.18 Å². The maximum atomic E-state index is 13.5. The van der Waals surface area contributed by atoms with E-state index in [2.05, 4.69) is 10.6 Å². The van der Waals surface area contributed by atoms with Crippen LogP contribution in [0.5, 0.6) is 0 Å². The molecule has 4 nitrogen and oxygen atoms in total. The Balaban J connectivity index is 1.92. The summed E-state index contributed by atoms with van der Waals surface area (Å²) in [7, 11) is 0. The van der Waals surface area contributed by atoms with Gasteiger partial charge in [0.2, 0.25) is 0 Å². The van der Waals surface area contributed by atoms with Gasteiger partial charge in [0.15, 0.2) is 0 Å². The predicted octanol–water partition coefficient (Wildman–Crippen LogP) is 3.31. The Bertz CT molecular complexity index is 793. The number of hydrogen-bond acceptors (Lipinski definition) is 3. The van der Waals surface area contributed by atoms with Gasteiger partial charge in [-0.2, -0.15) is 5.26 Å². The molecule has 1 amide bonds. The van der Waals surface area contributed by atoms with E-state index in [1.165, 1.54) is 12.3 Å². The average molecular weight is 323 g/mol. The summed E-state index contributed by atoms with van der Waals surface area (Å²) in [5, 5.41) is 14.7. The number of aryl methyl sites for hydroxylation is 1. The first-order chi connectivity index (χ1) is 11.6. The molecule has 0 aliphatic rings. The number of nitrogens with one attached hydrogen (secondary N) is 2. The number of nitrogens with zero attached hydrogens (tertiary/aromatic N) is 1. The zero-order valence-corrected chi connectivity index (χ0v) is 13.3. The number of anilines is 1. The number of benzene rings is 2. The fraction of sp³-hybridized carbons (Fsp3) is 0.158. The Labute approximate surface area is 140 Å². The Morgan fingerprint density at radius 1 is 1.21 bits per heavy atom. The molecule has 0 heterocycles. The van der Waals surface area contributed by atoms with Crippen molar-refractivity contribution in [3.05, 3.63) is 77.2 Å². The molecule has 0 unspecified atom stereocenters. The van der Waals surface area contributed by atoms with Crippen LogP contribution in [0.4, 0.5) is 10.1 Å². The third-order valence-electron chi connectivity index (χ3n) is 3.50. The maximum Gasteiger partial charge on any atom is 0.267 e. The van der Waals surface area contributed by atoms with Gasteiger partial charge in [-0.25, -0.2) is 4.39 Å². The number of carbonyl (C=O) groups is 1. The molecule has 2 aromatic rings. The van der Waals surface area contributed by atoms with E-state index in [1.54, 1.807) is 24.3 Å². The lowest BCUT2D eigenvalue weighted by Gasteiger charge is -2.08. The van der Waals surface area contributed by atoms with E-state index in [0.717, 1.165) is 5.56 Å². The van der Waals surface area contributed by atoms with Crippen molar-refractivity contribution < 1.29 is 9.18 Å². The number of hydrogen-bond donors (Lipinski definition) is 2. The number of rotatable bonds is 6. The highest BCUT2D eigenvalue weighted by molar-refractivity contribution is 6.06. The second kappa shape index (κ2) is 8.49. The summed E-state index contributed by atoms with van der Waals surface area (Å²) >= 11 is 0. The van der Waals surface area contributed by atoms with Crippen molar-refractivity contribution in [2.24, 2.45) is 0 Å². The van der Waals surface area contributed by atoms with Crippen LogP contribution in [-0.2, 0) is 11.2 Å². The second-order valence-corrected chi connectivity index (χ2v) is 5.23. The Kier molecular flexibility index (Phi) is 6.09. The molecule has 0 saturated heterocycles. The summed E-state index contributed by atoms with van der Waals surface area (Å²) in [5.74, 6) is -0.744. The van der Waals surface area contributed by atoms with Crippen molar-refractivity contribution in [2.45, 2.75) is 13.3 Å². The fourth-order valence-corrected chi connectivity index (χ4v) is 2.13. The van der Waals surface area contributed by atoms with Gasteiger partial charge in [-0.1, -0.05) is 36.4 Å². The van der Waals surface area contributed by atoms with Gasteiger partial charge in [0, 0.05) is 18.4 Å². The predicted molar refractivity (Wildman–Crippen MR) is 91.6 cm³/mol. The van der Waals surface area contributed by atoms with Gasteiger partial charge in [-0.15, -0.1) is 0 Å². The molecule has 0 aliphatic carbocycles. The zero-order chi connectivity index (χ0) is 17.4. The van der Waals surface area contributed by atoms with Gasteiger partial charge in [-0.05, 0) is 36.6 Å². The third kappa shape index (κ3) is 4.68. The first-order valence-electron chi connectivity index (χ1n) is 7.56. The monoisotopic (exact) mass is 323 g/mol. The topological polar surface area (TPSA) is 64.9 Å². The van der Waals surface area contributed by atoms with Crippen LogP contribution in [0.15, 0.2) is 60.3 Å². The van der Waals surface area contributed by atoms with Gasteiger partial charge >= 0.3 is 0 Å². The van der Waals surface area contributed by atoms with Gasteiger partial charge < -0.3 is 10.6 Å². The molecule has 0 fully saturated rings. The first kappa shape index (κ1) is 17.2. The molecule has 5 heteroatoms. The van der Waals surface area contributed by atoms with Crippen molar-refractivity contribution in [1.82, 2.24) is 5.32 Å². The Hall–Kier alpha value is -3.13. The zero-order valence-electron chi connectivity index (χ0n) is 13.3. The van der Waals surface area contributed by atoms with Crippen molar-refractivity contribution in [3.63, 3.8) is 0 Å². The summed E-state index contributed by atoms with van der Waals surface area (Å²) in [5.41, 5.74) is 2.12. The van der Waals surface area contributed by atoms with E-state index < -0.39 is 5.91 Å². The van der Waals surface area contributed by atoms with Crippen LogP contribution in [0.25, 0.3) is 0 Å². The minimum Gasteiger partial charge on any atom is -0.389 e. The molecule has 2 rings (SSSR count). The lowest BCUT2D eigenvalue weighted by atomic mass is 10.1. The molecular weight excluding hydrogens is 305 g/mol. The van der Waals surface area contributed by atoms with Crippen LogP contribution in [0.2, 0.25) is 0 Å². The minimum absolute atomic E-state index is 0.0354. The molecule has 2 N–H and O–H groups in total. The van der Waals surface area contributed by atoms with Crippen LogP contribution in [0.1, 0.15) is 11.1 Å². The van der Waals surface area contributed by atoms with E-state index in [1.807, 2.05) is 31.2 Å². The Morgan fingerprint density at radius 2 is 1.92 bits per heavy atom. The maximum absolute atomic E-state index is 13.5. The minimum atomic E-state index is -0.481. The van der Waals surface area contributed by atoms with Gasteiger partial charge in [0.05, 0.1) is 0 Å². The lowest BCUT2D eigenvalue weighted by Crippen LogP contribution is -2.18. The van der Waals surface area contributed by atoms with Crippen molar-refractivity contribution >= 4 is 11.6 Å². The highest BCUT2D eigenvalue weighted by Gasteiger charge is 2.10. The summed E-state index contributed by atoms with van der Waals surface area (Å²) < 4.78 is 13.5. The lowest BCUT2D eigenvalue weighted by molar-refractivity contribution is -0.112. The van der Waals surface area contributed by atoms with Gasteiger partial charge in [-0.3, -0.25) is 4.79 Å². The van der Waals surface area contributed by atoms with Crippen LogP contribution in [-0.4, -0.2) is 12.5 Å². The SMILES string of the molecule is Cc1ccccc1NC(=O)/C(C#N)=C\NCCc1ccccc1F. The number of nitriles is 1. The summed E-state index contributed by atoms with van der Waals surface area (Å²) in [6.07, 6.45) is 1.82. The van der Waals surface area contributed by atoms with Crippen molar-refractivity contribution in [1.29, 1.82) is 5.26 Å². The van der Waals surface area contributed by atoms with Crippen molar-refractivity contribution in [2.75, 3.05) is 11.9 Å². The average Bonchev–Trinajstić information content (AvgIpc) is 2.58. The summed E-state index contributed by atoms with van der Waals surface area (Å²) in [4.78, 5) is 12.1. The van der Waals surface area contributed by atoms with E-state index >= 15 is 0 Å². The third-order valence-corrected chi connectivity index (χ3v) is 3.50. The van der Waals surface area contributed by atoms with Gasteiger partial charge in [0.1, 0.15) is 17.5 Å². The molecule has 0 saturated carbocycles. The van der Waals surface area contributed by atoms with Crippen LogP contribution >= 0.6 is 0 Å². The van der Waals surface area contributed by atoms with Crippen LogP contribution in [0, 0.1) is 24.1 Å². The van der Waals surface area contributed by atoms with Crippen LogP contribution in [0.3, 0.4) is 0 Å². The molecule has 122 valence electrons. The van der Waals surface area contributed by atoms with Crippen LogP contribution < -0.4 is 10.6 Å². The quantitative estimate of drug-likeness (QED) is 0.487.